The number of ketones is 1. The second-order valence-corrected chi connectivity index (χ2v) is 9.06. The van der Waals surface area contributed by atoms with Crippen LogP contribution in [0.3, 0.4) is 0 Å². The first-order valence-electron chi connectivity index (χ1n) is 8.86. The Kier molecular flexibility index (Phi) is 4.65. The molecule has 148 valence electrons. The molecule has 1 aliphatic rings. The number of H-pyrrole nitrogens is 1. The van der Waals surface area contributed by atoms with E-state index in [4.69, 9.17) is 17.0 Å². The molecule has 0 aliphatic carbocycles. The third kappa shape index (κ3) is 3.11. The SMILES string of the molecule is COc1ccc2[nH]cc(C(=O)/C=C3/SC(=S)N(c4ccc5ncsc5c4)C3=O)c2c1. The smallest absolute Gasteiger partial charge is 0.270 e. The standard InChI is InChI=1S/C21H13N3O3S3/c1-27-12-3-5-15-13(7-12)14(9-22-15)17(25)8-19-20(26)24(21(28)30-19)11-2-4-16-18(6-11)29-10-23-16/h2-10,22H,1H3/b19-8+. The molecule has 9 heteroatoms. The highest BCUT2D eigenvalue weighted by Crippen LogP contribution is 2.37. The van der Waals surface area contributed by atoms with Crippen molar-refractivity contribution in [3.05, 3.63) is 64.7 Å². The van der Waals surface area contributed by atoms with Gasteiger partial charge < -0.3 is 9.72 Å². The van der Waals surface area contributed by atoms with Crippen molar-refractivity contribution in [1.82, 2.24) is 9.97 Å². The number of rotatable bonds is 4. The number of thioether (sulfide) groups is 1. The van der Waals surface area contributed by atoms with Gasteiger partial charge in [-0.1, -0.05) is 24.0 Å². The highest BCUT2D eigenvalue weighted by Gasteiger charge is 2.34. The number of allylic oxidation sites excluding steroid dienone is 1. The number of hydrogen-bond donors (Lipinski definition) is 1. The summed E-state index contributed by atoms with van der Waals surface area (Å²) in [6.07, 6.45) is 2.99. The Labute approximate surface area is 184 Å². The van der Waals surface area contributed by atoms with Crippen LogP contribution >= 0.6 is 35.3 Å². The van der Waals surface area contributed by atoms with E-state index >= 15 is 0 Å². The lowest BCUT2D eigenvalue weighted by Crippen LogP contribution is -2.27. The maximum atomic E-state index is 13.0. The first kappa shape index (κ1) is 19.0. The first-order valence-corrected chi connectivity index (χ1v) is 11.0. The summed E-state index contributed by atoms with van der Waals surface area (Å²) < 4.78 is 6.61. The summed E-state index contributed by atoms with van der Waals surface area (Å²) in [5.74, 6) is 0.0773. The Morgan fingerprint density at radius 3 is 2.97 bits per heavy atom. The Hall–Kier alpha value is -3.01. The first-order chi connectivity index (χ1) is 14.5. The lowest BCUT2D eigenvalue weighted by Gasteiger charge is -2.14. The minimum atomic E-state index is -0.306. The van der Waals surface area contributed by atoms with Gasteiger partial charge in [-0.25, -0.2) is 4.98 Å². The van der Waals surface area contributed by atoms with Gasteiger partial charge >= 0.3 is 0 Å². The number of thiocarbonyl (C=S) groups is 1. The van der Waals surface area contributed by atoms with Crippen LogP contribution in [-0.4, -0.2) is 33.1 Å². The number of carbonyl (C=O) groups excluding carboxylic acids is 2. The molecule has 0 atom stereocenters. The average molecular weight is 452 g/mol. The Bertz CT molecular complexity index is 1390. The van der Waals surface area contributed by atoms with Crippen LogP contribution < -0.4 is 9.64 Å². The molecule has 0 radical (unpaired) electrons. The van der Waals surface area contributed by atoms with Gasteiger partial charge in [0.15, 0.2) is 10.1 Å². The number of carbonyl (C=O) groups is 2. The molecule has 30 heavy (non-hydrogen) atoms. The van der Waals surface area contributed by atoms with Crippen LogP contribution in [0.25, 0.3) is 21.1 Å². The van der Waals surface area contributed by atoms with Crippen LogP contribution in [0, 0.1) is 0 Å². The molecule has 1 amide bonds. The van der Waals surface area contributed by atoms with E-state index < -0.39 is 0 Å². The number of aromatic nitrogens is 2. The quantitative estimate of drug-likeness (QED) is 0.270. The predicted molar refractivity (Wildman–Crippen MR) is 125 cm³/mol. The number of amides is 1. The number of nitrogens with zero attached hydrogens (tertiary/aromatic N) is 2. The number of fused-ring (bicyclic) bond motifs is 2. The lowest BCUT2D eigenvalue weighted by atomic mass is 10.1. The second-order valence-electron chi connectivity index (χ2n) is 6.50. The van der Waals surface area contributed by atoms with Gasteiger partial charge in [-0.15, -0.1) is 11.3 Å². The van der Waals surface area contributed by atoms with Gasteiger partial charge in [0.1, 0.15) is 5.75 Å². The summed E-state index contributed by atoms with van der Waals surface area (Å²) in [7, 11) is 1.57. The number of methoxy groups -OCH3 is 1. The van der Waals surface area contributed by atoms with E-state index in [1.165, 1.54) is 22.3 Å². The van der Waals surface area contributed by atoms with Crippen LogP contribution in [0.15, 0.2) is 59.1 Å². The molecule has 1 fully saturated rings. The molecular formula is C21H13N3O3S3. The van der Waals surface area contributed by atoms with Crippen LogP contribution in [0.5, 0.6) is 5.75 Å². The highest BCUT2D eigenvalue weighted by atomic mass is 32.2. The number of anilines is 1. The van der Waals surface area contributed by atoms with Crippen LogP contribution in [0.2, 0.25) is 0 Å². The van der Waals surface area contributed by atoms with Crippen LogP contribution in [0.1, 0.15) is 10.4 Å². The number of hydrogen-bond acceptors (Lipinski definition) is 7. The van der Waals surface area contributed by atoms with Crippen LogP contribution in [0.4, 0.5) is 5.69 Å². The molecule has 2 aromatic carbocycles. The molecule has 2 aromatic heterocycles. The van der Waals surface area contributed by atoms with E-state index in [9.17, 15) is 9.59 Å². The van der Waals surface area contributed by atoms with Gasteiger partial charge in [0, 0.05) is 28.7 Å². The zero-order chi connectivity index (χ0) is 20.8. The molecule has 1 aliphatic heterocycles. The van der Waals surface area contributed by atoms with Crippen molar-refractivity contribution in [2.75, 3.05) is 12.0 Å². The molecule has 0 unspecified atom stereocenters. The Morgan fingerprint density at radius 2 is 2.13 bits per heavy atom. The summed E-state index contributed by atoms with van der Waals surface area (Å²) in [5.41, 5.74) is 4.59. The molecule has 4 aromatic rings. The average Bonchev–Trinajstić information content (AvgIpc) is 3.44. The molecule has 3 heterocycles. The van der Waals surface area contributed by atoms with Gasteiger partial charge in [0.05, 0.1) is 33.4 Å². The van der Waals surface area contributed by atoms with Crippen molar-refractivity contribution in [2.24, 2.45) is 0 Å². The largest absolute Gasteiger partial charge is 0.497 e. The predicted octanol–water partition coefficient (Wildman–Crippen LogP) is 4.92. The summed E-state index contributed by atoms with van der Waals surface area (Å²) in [4.78, 5) is 35.0. The third-order valence-electron chi connectivity index (χ3n) is 4.78. The van der Waals surface area contributed by atoms with Gasteiger partial charge in [0.25, 0.3) is 5.91 Å². The molecule has 6 nitrogen and oxygen atoms in total. The van der Waals surface area contributed by atoms with Crippen molar-refractivity contribution in [2.45, 2.75) is 0 Å². The van der Waals surface area contributed by atoms with Crippen LogP contribution in [-0.2, 0) is 4.79 Å². The van der Waals surface area contributed by atoms with Crippen molar-refractivity contribution >= 4 is 78.1 Å². The summed E-state index contributed by atoms with van der Waals surface area (Å²) in [5, 5.41) is 0.738. The van der Waals surface area contributed by atoms with Gasteiger partial charge in [-0.3, -0.25) is 14.5 Å². The van der Waals surface area contributed by atoms with E-state index in [0.717, 1.165) is 32.9 Å². The lowest BCUT2D eigenvalue weighted by molar-refractivity contribution is -0.113. The topological polar surface area (TPSA) is 75.3 Å². The zero-order valence-corrected chi connectivity index (χ0v) is 18.0. The fourth-order valence-electron chi connectivity index (χ4n) is 3.30. The van der Waals surface area contributed by atoms with Gasteiger partial charge in [-0.05, 0) is 36.4 Å². The molecule has 1 saturated heterocycles. The normalized spacial score (nSPS) is 15.6. The van der Waals surface area contributed by atoms with Gasteiger partial charge in [-0.2, -0.15) is 0 Å². The summed E-state index contributed by atoms with van der Waals surface area (Å²) in [6.45, 7) is 0. The molecular weight excluding hydrogens is 438 g/mol. The van der Waals surface area contributed by atoms with E-state index in [1.807, 2.05) is 30.3 Å². The molecule has 0 saturated carbocycles. The van der Waals surface area contributed by atoms with Gasteiger partial charge in [0.2, 0.25) is 0 Å². The molecule has 0 spiro atoms. The number of benzene rings is 2. The second kappa shape index (κ2) is 7.35. The summed E-state index contributed by atoms with van der Waals surface area (Å²) >= 11 is 8.04. The number of nitrogens with one attached hydrogen (secondary N) is 1. The number of thiazole rings is 1. The summed E-state index contributed by atoms with van der Waals surface area (Å²) in [6, 6.07) is 11.0. The minimum Gasteiger partial charge on any atom is -0.497 e. The Morgan fingerprint density at radius 1 is 1.27 bits per heavy atom. The maximum absolute atomic E-state index is 13.0. The number of ether oxygens (including phenoxy) is 1. The fourth-order valence-corrected chi connectivity index (χ4v) is 5.28. The van der Waals surface area contributed by atoms with Crippen molar-refractivity contribution in [3.63, 3.8) is 0 Å². The van der Waals surface area contributed by atoms with Crippen molar-refractivity contribution in [3.8, 4) is 5.75 Å². The third-order valence-corrected chi connectivity index (χ3v) is 6.88. The van der Waals surface area contributed by atoms with E-state index in [-0.39, 0.29) is 11.7 Å². The van der Waals surface area contributed by atoms with E-state index in [0.29, 0.717) is 26.2 Å². The van der Waals surface area contributed by atoms with Crippen molar-refractivity contribution in [1.29, 1.82) is 0 Å². The molecule has 1 N–H and O–H groups in total. The fraction of sp³-hybridized carbons (Fsp3) is 0.0476. The maximum Gasteiger partial charge on any atom is 0.270 e. The minimum absolute atomic E-state index is 0.270. The zero-order valence-electron chi connectivity index (χ0n) is 15.5. The highest BCUT2D eigenvalue weighted by molar-refractivity contribution is 8.27. The van der Waals surface area contributed by atoms with E-state index in [2.05, 4.69) is 9.97 Å². The molecule has 5 rings (SSSR count). The number of aromatic amines is 1. The van der Waals surface area contributed by atoms with E-state index in [1.54, 1.807) is 24.9 Å². The Balaban J connectivity index is 1.48. The molecule has 0 bridgehead atoms. The monoisotopic (exact) mass is 451 g/mol. The van der Waals surface area contributed by atoms with Crippen molar-refractivity contribution < 1.29 is 14.3 Å².